The van der Waals surface area contributed by atoms with Crippen LogP contribution in [-0.2, 0) is 14.3 Å². The quantitative estimate of drug-likeness (QED) is 0.310. The lowest BCUT2D eigenvalue weighted by molar-refractivity contribution is -0.124. The fourth-order valence-electron chi connectivity index (χ4n) is 1.73. The maximum Gasteiger partial charge on any atom is 0.238 e. The fraction of sp³-hybridized carbons (Fsp3) is 0.846. The van der Waals surface area contributed by atoms with Gasteiger partial charge in [-0.25, -0.2) is 0 Å². The van der Waals surface area contributed by atoms with Crippen LogP contribution in [0.2, 0.25) is 0 Å². The second kappa shape index (κ2) is 11.7. The largest absolute Gasteiger partial charge is 0.379 e. The van der Waals surface area contributed by atoms with Crippen molar-refractivity contribution in [3.8, 4) is 0 Å². The zero-order chi connectivity index (χ0) is 14.6. The second-order valence-corrected chi connectivity index (χ2v) is 6.42. The number of carbonyl (C=O) groups excluding carboxylic acids is 1. The summed E-state index contributed by atoms with van der Waals surface area (Å²) in [6.45, 7) is 2.98. The first-order chi connectivity index (χ1) is 9.75. The van der Waals surface area contributed by atoms with Gasteiger partial charge < -0.3 is 9.47 Å². The number of nitrogens with zero attached hydrogens (tertiary/aromatic N) is 1. The van der Waals surface area contributed by atoms with Gasteiger partial charge in [0.1, 0.15) is 4.32 Å². The number of thiocarbonyl (C=S) groups is 1. The van der Waals surface area contributed by atoms with Crippen LogP contribution in [0.1, 0.15) is 25.7 Å². The summed E-state index contributed by atoms with van der Waals surface area (Å²) in [6.07, 6.45) is 4.50. The standard InChI is InChI=1S/C13H22ClNO3S2/c14-5-3-1-2-4-7-17-9-10-18-8-6-15-12(16)11-20-13(15)19/h1-11H2. The predicted molar refractivity (Wildman–Crippen MR) is 87.6 cm³/mol. The van der Waals surface area contributed by atoms with Crippen molar-refractivity contribution in [2.75, 3.05) is 44.6 Å². The van der Waals surface area contributed by atoms with Crippen molar-refractivity contribution in [1.29, 1.82) is 0 Å². The molecular weight excluding hydrogens is 318 g/mol. The average Bonchev–Trinajstić information content (AvgIpc) is 2.76. The topological polar surface area (TPSA) is 38.8 Å². The molecule has 1 saturated heterocycles. The Bertz CT molecular complexity index is 289. The third kappa shape index (κ3) is 7.78. The average molecular weight is 340 g/mol. The Morgan fingerprint density at radius 3 is 2.45 bits per heavy atom. The molecule has 1 amide bonds. The van der Waals surface area contributed by atoms with Gasteiger partial charge in [-0.3, -0.25) is 9.69 Å². The molecule has 0 aromatic carbocycles. The maximum absolute atomic E-state index is 11.4. The number of halogens is 1. The van der Waals surface area contributed by atoms with E-state index < -0.39 is 0 Å². The van der Waals surface area contributed by atoms with Crippen molar-refractivity contribution in [2.24, 2.45) is 0 Å². The molecule has 0 atom stereocenters. The van der Waals surface area contributed by atoms with Crippen molar-refractivity contribution >= 4 is 45.8 Å². The van der Waals surface area contributed by atoms with Crippen LogP contribution in [0.15, 0.2) is 0 Å². The summed E-state index contributed by atoms with van der Waals surface area (Å²) in [6, 6.07) is 0. The lowest BCUT2D eigenvalue weighted by atomic mass is 10.2. The molecule has 0 aromatic heterocycles. The Hall–Kier alpha value is 0.120. The van der Waals surface area contributed by atoms with Crippen LogP contribution in [0.25, 0.3) is 0 Å². The van der Waals surface area contributed by atoms with Gasteiger partial charge in [-0.05, 0) is 12.8 Å². The number of ether oxygens (including phenoxy) is 2. The Kier molecular flexibility index (Phi) is 10.7. The summed E-state index contributed by atoms with van der Waals surface area (Å²) in [5.41, 5.74) is 0. The third-order valence-electron chi connectivity index (χ3n) is 2.84. The number of hydrogen-bond acceptors (Lipinski definition) is 5. The number of unbranched alkanes of at least 4 members (excludes halogenated alkanes) is 3. The van der Waals surface area contributed by atoms with Crippen LogP contribution in [-0.4, -0.2) is 59.7 Å². The molecule has 0 spiro atoms. The molecular formula is C13H22ClNO3S2. The molecule has 116 valence electrons. The van der Waals surface area contributed by atoms with E-state index in [1.807, 2.05) is 0 Å². The first-order valence-corrected chi connectivity index (χ1v) is 8.87. The van der Waals surface area contributed by atoms with Gasteiger partial charge in [0.2, 0.25) is 5.91 Å². The van der Waals surface area contributed by atoms with Crippen molar-refractivity contribution in [3.63, 3.8) is 0 Å². The van der Waals surface area contributed by atoms with Crippen molar-refractivity contribution in [3.05, 3.63) is 0 Å². The highest BCUT2D eigenvalue weighted by atomic mass is 35.5. The van der Waals surface area contributed by atoms with Crippen LogP contribution >= 0.6 is 35.6 Å². The van der Waals surface area contributed by atoms with Crippen LogP contribution < -0.4 is 0 Å². The first kappa shape index (κ1) is 18.2. The van der Waals surface area contributed by atoms with Gasteiger partial charge in [0, 0.05) is 12.5 Å². The lowest BCUT2D eigenvalue weighted by Crippen LogP contribution is -2.32. The molecule has 20 heavy (non-hydrogen) atoms. The zero-order valence-electron chi connectivity index (χ0n) is 11.6. The number of rotatable bonds is 12. The Morgan fingerprint density at radius 2 is 1.80 bits per heavy atom. The lowest BCUT2D eigenvalue weighted by Gasteiger charge is -2.14. The minimum Gasteiger partial charge on any atom is -0.379 e. The molecule has 1 aliphatic rings. The van der Waals surface area contributed by atoms with E-state index in [2.05, 4.69) is 0 Å². The van der Waals surface area contributed by atoms with Crippen LogP contribution in [0, 0.1) is 0 Å². The van der Waals surface area contributed by atoms with Crippen LogP contribution in [0.3, 0.4) is 0 Å². The zero-order valence-corrected chi connectivity index (χ0v) is 14.0. The van der Waals surface area contributed by atoms with Crippen LogP contribution in [0.5, 0.6) is 0 Å². The molecule has 4 nitrogen and oxygen atoms in total. The minimum absolute atomic E-state index is 0.0804. The number of thioether (sulfide) groups is 1. The summed E-state index contributed by atoms with van der Waals surface area (Å²) < 4.78 is 11.6. The molecule has 0 saturated carbocycles. The van der Waals surface area contributed by atoms with Crippen molar-refractivity contribution in [2.45, 2.75) is 25.7 Å². The van der Waals surface area contributed by atoms with E-state index in [-0.39, 0.29) is 5.91 Å². The van der Waals surface area contributed by atoms with E-state index in [9.17, 15) is 4.79 Å². The first-order valence-electron chi connectivity index (χ1n) is 6.94. The van der Waals surface area contributed by atoms with E-state index in [4.69, 9.17) is 33.3 Å². The highest BCUT2D eigenvalue weighted by Gasteiger charge is 2.25. The molecule has 7 heteroatoms. The summed E-state index contributed by atoms with van der Waals surface area (Å²) in [5.74, 6) is 1.29. The van der Waals surface area contributed by atoms with E-state index in [0.717, 1.165) is 25.3 Å². The van der Waals surface area contributed by atoms with Gasteiger partial charge in [0.15, 0.2) is 0 Å². The fourth-order valence-corrected chi connectivity index (χ4v) is 3.04. The molecule has 0 aromatic rings. The van der Waals surface area contributed by atoms with E-state index in [1.54, 1.807) is 4.90 Å². The highest BCUT2D eigenvalue weighted by molar-refractivity contribution is 8.23. The summed E-state index contributed by atoms with van der Waals surface area (Å²) >= 11 is 12.1. The Morgan fingerprint density at radius 1 is 1.10 bits per heavy atom. The SMILES string of the molecule is O=C1CSC(=S)N1CCOCCOCCCCCCCl. The highest BCUT2D eigenvalue weighted by Crippen LogP contribution is 2.18. The molecule has 1 aliphatic heterocycles. The van der Waals surface area contributed by atoms with Gasteiger partial charge in [-0.2, -0.15) is 0 Å². The molecule has 1 rings (SSSR count). The second-order valence-electron chi connectivity index (χ2n) is 4.43. The summed E-state index contributed by atoms with van der Waals surface area (Å²) in [7, 11) is 0. The minimum atomic E-state index is 0.0804. The number of amides is 1. The predicted octanol–water partition coefficient (Wildman–Crippen LogP) is 2.68. The summed E-state index contributed by atoms with van der Waals surface area (Å²) in [4.78, 5) is 13.0. The molecule has 0 N–H and O–H groups in total. The third-order valence-corrected chi connectivity index (χ3v) is 4.54. The Balaban J connectivity index is 1.83. The van der Waals surface area contributed by atoms with Gasteiger partial charge in [-0.1, -0.05) is 36.8 Å². The molecule has 1 heterocycles. The molecule has 0 radical (unpaired) electrons. The van der Waals surface area contributed by atoms with Crippen LogP contribution in [0.4, 0.5) is 0 Å². The molecule has 0 aliphatic carbocycles. The Labute approximate surface area is 135 Å². The van der Waals surface area contributed by atoms with E-state index in [1.165, 1.54) is 24.6 Å². The van der Waals surface area contributed by atoms with Gasteiger partial charge >= 0.3 is 0 Å². The maximum atomic E-state index is 11.4. The molecule has 1 fully saturated rings. The normalized spacial score (nSPS) is 15.3. The van der Waals surface area contributed by atoms with Gasteiger partial charge in [0.05, 0.1) is 32.1 Å². The van der Waals surface area contributed by atoms with E-state index >= 15 is 0 Å². The van der Waals surface area contributed by atoms with Crippen molar-refractivity contribution < 1.29 is 14.3 Å². The molecule has 0 unspecified atom stereocenters. The van der Waals surface area contributed by atoms with Gasteiger partial charge in [-0.15, -0.1) is 11.6 Å². The number of carbonyl (C=O) groups is 1. The molecule has 0 bridgehead atoms. The number of hydrogen-bond donors (Lipinski definition) is 0. The van der Waals surface area contributed by atoms with Crippen molar-refractivity contribution in [1.82, 2.24) is 4.90 Å². The summed E-state index contributed by atoms with van der Waals surface area (Å²) in [5, 5.41) is 0. The van der Waals surface area contributed by atoms with E-state index in [0.29, 0.717) is 36.4 Å². The number of alkyl halides is 1. The smallest absolute Gasteiger partial charge is 0.238 e. The monoisotopic (exact) mass is 339 g/mol. The van der Waals surface area contributed by atoms with Gasteiger partial charge in [0.25, 0.3) is 0 Å².